The number of carbonyl (C=O) groups excluding carboxylic acids is 2. The Morgan fingerprint density at radius 2 is 1.73 bits per heavy atom. The topological polar surface area (TPSA) is 67.4 Å². The lowest BCUT2D eigenvalue weighted by atomic mass is 10.1. The Hall–Kier alpha value is -2.59. The summed E-state index contributed by atoms with van der Waals surface area (Å²) >= 11 is 11.5. The van der Waals surface area contributed by atoms with E-state index in [2.05, 4.69) is 4.74 Å². The summed E-state index contributed by atoms with van der Waals surface area (Å²) in [6.45, 7) is 0.747. The average molecular weight is 471 g/mol. The second-order valence-corrected chi connectivity index (χ2v) is 6.64. The van der Waals surface area contributed by atoms with Crippen molar-refractivity contribution < 1.29 is 36.3 Å². The summed E-state index contributed by atoms with van der Waals surface area (Å²) in [5.41, 5.74) is -5.27. The fourth-order valence-electron chi connectivity index (χ4n) is 2.33. The van der Waals surface area contributed by atoms with Gasteiger partial charge in [0, 0.05) is 11.1 Å². The largest absolute Gasteiger partial charge is 0.463 e. The van der Waals surface area contributed by atoms with E-state index >= 15 is 0 Å². The van der Waals surface area contributed by atoms with Crippen LogP contribution in [0.5, 0.6) is 0 Å². The fourth-order valence-corrected chi connectivity index (χ4v) is 2.83. The van der Waals surface area contributed by atoms with Crippen molar-refractivity contribution in [3.8, 4) is 0 Å². The molecule has 1 unspecified atom stereocenters. The van der Waals surface area contributed by atoms with Gasteiger partial charge < -0.3 is 15.4 Å². The lowest BCUT2D eigenvalue weighted by Gasteiger charge is -2.35. The quantitative estimate of drug-likeness (QED) is 0.356. The zero-order chi connectivity index (χ0) is 22.7. The summed E-state index contributed by atoms with van der Waals surface area (Å²) < 4.78 is 73.8. The number of hydrogen-bond acceptors (Lipinski definition) is 4. The molecule has 162 valence electrons. The van der Waals surface area contributed by atoms with Gasteiger partial charge in [0.05, 0.1) is 22.9 Å². The van der Waals surface area contributed by atoms with Crippen LogP contribution in [0.15, 0.2) is 36.4 Å². The van der Waals surface area contributed by atoms with Crippen molar-refractivity contribution in [1.82, 2.24) is 5.32 Å². The highest BCUT2D eigenvalue weighted by Crippen LogP contribution is 2.35. The lowest BCUT2D eigenvalue weighted by Crippen LogP contribution is -2.69. The highest BCUT2D eigenvalue weighted by Gasteiger charge is 2.64. The molecule has 0 heterocycles. The third-order valence-corrected chi connectivity index (χ3v) is 4.28. The summed E-state index contributed by atoms with van der Waals surface area (Å²) in [6, 6.07) is 4.92. The minimum atomic E-state index is -5.52. The van der Waals surface area contributed by atoms with E-state index in [1.54, 1.807) is 5.32 Å². The highest BCUT2D eigenvalue weighted by molar-refractivity contribution is 6.36. The summed E-state index contributed by atoms with van der Waals surface area (Å²) in [6.07, 6.45) is -5.52. The van der Waals surface area contributed by atoms with Crippen LogP contribution in [0.2, 0.25) is 10.0 Å². The molecule has 1 atom stereocenters. The highest BCUT2D eigenvalue weighted by atomic mass is 35.5. The van der Waals surface area contributed by atoms with E-state index in [4.69, 9.17) is 23.2 Å². The normalized spacial score (nSPS) is 13.3. The fraction of sp³-hybridized carbons (Fsp3) is 0.222. The minimum absolute atomic E-state index is 0.107. The molecule has 2 N–H and O–H groups in total. The first-order valence-corrected chi connectivity index (χ1v) is 8.91. The number of amides is 1. The van der Waals surface area contributed by atoms with Crippen LogP contribution in [0, 0.1) is 11.6 Å². The van der Waals surface area contributed by atoms with Crippen LogP contribution in [0.4, 0.5) is 27.6 Å². The molecule has 0 aromatic heterocycles. The number of carbonyl (C=O) groups is 2. The number of esters is 1. The number of halogens is 7. The van der Waals surface area contributed by atoms with Crippen LogP contribution in [-0.2, 0) is 9.53 Å². The smallest absolute Gasteiger partial charge is 0.441 e. The third-order valence-electron chi connectivity index (χ3n) is 3.74. The molecule has 0 saturated carbocycles. The number of rotatable bonds is 6. The maximum Gasteiger partial charge on any atom is 0.441 e. The van der Waals surface area contributed by atoms with Crippen molar-refractivity contribution in [3.05, 3.63) is 63.6 Å². The average Bonchev–Trinajstić information content (AvgIpc) is 2.62. The predicted molar refractivity (Wildman–Crippen MR) is 99.3 cm³/mol. The number of benzene rings is 2. The second-order valence-electron chi connectivity index (χ2n) is 5.80. The molecule has 2 aromatic rings. The molecule has 1 amide bonds. The SMILES string of the molecule is CCOC(=O)C(NC(=O)c1ccc(Cl)cc1Cl)(Nc1ccc(F)cc1F)C(F)(F)F. The molecule has 5 nitrogen and oxygen atoms in total. The van der Waals surface area contributed by atoms with Crippen molar-refractivity contribution in [2.24, 2.45) is 0 Å². The van der Waals surface area contributed by atoms with Crippen molar-refractivity contribution in [2.75, 3.05) is 11.9 Å². The summed E-state index contributed by atoms with van der Waals surface area (Å²) in [7, 11) is 0. The van der Waals surface area contributed by atoms with Crippen molar-refractivity contribution in [2.45, 2.75) is 18.8 Å². The molecular formula is C18H13Cl2F5N2O3. The molecule has 0 spiro atoms. The molecule has 0 saturated heterocycles. The number of ether oxygens (including phenoxy) is 1. The Labute approximate surface area is 177 Å². The van der Waals surface area contributed by atoms with Gasteiger partial charge in [0.1, 0.15) is 11.6 Å². The van der Waals surface area contributed by atoms with Crippen LogP contribution in [0.3, 0.4) is 0 Å². The van der Waals surface area contributed by atoms with Gasteiger partial charge in [-0.25, -0.2) is 13.6 Å². The molecule has 0 aliphatic heterocycles. The Balaban J connectivity index is 2.58. The maximum atomic E-state index is 14.1. The molecule has 12 heteroatoms. The molecule has 2 aromatic carbocycles. The van der Waals surface area contributed by atoms with Gasteiger partial charge >= 0.3 is 17.8 Å². The van der Waals surface area contributed by atoms with Gasteiger partial charge in [-0.1, -0.05) is 23.2 Å². The predicted octanol–water partition coefficient (Wildman–Crippen LogP) is 4.94. The van der Waals surface area contributed by atoms with Crippen LogP contribution in [-0.4, -0.2) is 30.3 Å². The second kappa shape index (κ2) is 9.05. The summed E-state index contributed by atoms with van der Waals surface area (Å²) in [5, 5.41) is 2.89. The number of nitrogens with one attached hydrogen (secondary N) is 2. The van der Waals surface area contributed by atoms with E-state index < -0.39 is 53.2 Å². The van der Waals surface area contributed by atoms with Crippen LogP contribution < -0.4 is 10.6 Å². The molecule has 0 bridgehead atoms. The standard InChI is InChI=1S/C18H13Cl2F5N2O3/c1-2-30-16(29)17(18(23,24)25,26-14-6-4-10(21)8-13(14)22)27-15(28)11-5-3-9(19)7-12(11)20/h3-8,26H,2H2,1H3,(H,27,28). The van der Waals surface area contributed by atoms with Gasteiger partial charge in [0.25, 0.3) is 5.91 Å². The monoisotopic (exact) mass is 470 g/mol. The molecular weight excluding hydrogens is 458 g/mol. The number of anilines is 1. The lowest BCUT2D eigenvalue weighted by molar-refractivity contribution is -0.204. The minimum Gasteiger partial charge on any atom is -0.463 e. The first-order chi connectivity index (χ1) is 13.9. The maximum absolute atomic E-state index is 14.1. The van der Waals surface area contributed by atoms with Gasteiger partial charge in [-0.3, -0.25) is 4.79 Å². The first kappa shape index (κ1) is 23.7. The Morgan fingerprint density at radius 1 is 1.07 bits per heavy atom. The summed E-state index contributed by atoms with van der Waals surface area (Å²) in [4.78, 5) is 24.9. The molecule has 30 heavy (non-hydrogen) atoms. The zero-order valence-electron chi connectivity index (χ0n) is 15.0. The zero-order valence-corrected chi connectivity index (χ0v) is 16.6. The van der Waals surface area contributed by atoms with Crippen LogP contribution in [0.25, 0.3) is 0 Å². The van der Waals surface area contributed by atoms with Crippen molar-refractivity contribution in [1.29, 1.82) is 0 Å². The van der Waals surface area contributed by atoms with Gasteiger partial charge in [0.15, 0.2) is 0 Å². The molecule has 0 radical (unpaired) electrons. The van der Waals surface area contributed by atoms with Gasteiger partial charge in [-0.05, 0) is 37.3 Å². The Kier molecular flexibility index (Phi) is 7.14. The van der Waals surface area contributed by atoms with Gasteiger partial charge in [-0.2, -0.15) is 13.2 Å². The van der Waals surface area contributed by atoms with E-state index in [-0.39, 0.29) is 10.0 Å². The first-order valence-electron chi connectivity index (χ1n) is 8.16. The van der Waals surface area contributed by atoms with E-state index in [1.807, 2.05) is 0 Å². The third kappa shape index (κ3) is 4.93. The van der Waals surface area contributed by atoms with E-state index in [0.717, 1.165) is 12.1 Å². The van der Waals surface area contributed by atoms with E-state index in [1.165, 1.54) is 18.3 Å². The molecule has 0 aliphatic rings. The van der Waals surface area contributed by atoms with Crippen LogP contribution >= 0.6 is 23.2 Å². The van der Waals surface area contributed by atoms with Crippen molar-refractivity contribution >= 4 is 40.8 Å². The van der Waals surface area contributed by atoms with Crippen LogP contribution in [0.1, 0.15) is 17.3 Å². The molecule has 0 aliphatic carbocycles. The molecule has 0 fully saturated rings. The Bertz CT molecular complexity index is 971. The van der Waals surface area contributed by atoms with E-state index in [9.17, 15) is 31.5 Å². The summed E-state index contributed by atoms with van der Waals surface area (Å²) in [5.74, 6) is -5.91. The number of hydrogen-bond donors (Lipinski definition) is 2. The van der Waals surface area contributed by atoms with Crippen molar-refractivity contribution in [3.63, 3.8) is 0 Å². The van der Waals surface area contributed by atoms with E-state index in [0.29, 0.717) is 18.2 Å². The Morgan fingerprint density at radius 3 is 2.27 bits per heavy atom. The van der Waals surface area contributed by atoms with Gasteiger partial charge in [0.2, 0.25) is 0 Å². The number of alkyl halides is 3. The molecule has 2 rings (SSSR count). The van der Waals surface area contributed by atoms with Gasteiger partial charge in [-0.15, -0.1) is 0 Å².